The predicted molar refractivity (Wildman–Crippen MR) is 262 cm³/mol. The molecule has 0 amide bonds. The molecular weight excluding hydrogens is 817 g/mol. The number of methoxy groups -OCH3 is 1. The van der Waals surface area contributed by atoms with Crippen LogP contribution in [0.2, 0.25) is 72.5 Å². The third-order valence-electron chi connectivity index (χ3n) is 16.1. The molecule has 0 aliphatic carbocycles. The van der Waals surface area contributed by atoms with E-state index in [1.54, 1.807) is 7.11 Å². The first-order valence-corrected chi connectivity index (χ1v) is 35.5. The summed E-state index contributed by atoms with van der Waals surface area (Å²) in [4.78, 5) is 0. The molecule has 9 atom stereocenters. The average Bonchev–Trinajstić information content (AvgIpc) is 3.07. The molecule has 0 aromatic rings. The van der Waals surface area contributed by atoms with Crippen molar-refractivity contribution in [3.8, 4) is 0 Å². The van der Waals surface area contributed by atoms with Gasteiger partial charge in [-0.15, -0.1) is 0 Å². The van der Waals surface area contributed by atoms with Gasteiger partial charge in [0.25, 0.3) is 0 Å². The van der Waals surface area contributed by atoms with Gasteiger partial charge in [0, 0.05) is 38.3 Å². The van der Waals surface area contributed by atoms with Crippen LogP contribution in [0.25, 0.3) is 0 Å². The van der Waals surface area contributed by atoms with Gasteiger partial charge >= 0.3 is 0 Å². The molecule has 2 fully saturated rings. The van der Waals surface area contributed by atoms with E-state index in [4.69, 9.17) is 36.7 Å². The van der Waals surface area contributed by atoms with Gasteiger partial charge in [-0.25, -0.2) is 0 Å². The van der Waals surface area contributed by atoms with Crippen molar-refractivity contribution in [3.05, 3.63) is 12.2 Å². The Bertz CT molecular complexity index is 1360. The summed E-state index contributed by atoms with van der Waals surface area (Å²) in [6.45, 7) is 50.3. The first kappa shape index (κ1) is 54.6. The third-order valence-corrected chi connectivity index (χ3v) is 34.2. The Hall–Kier alpha value is 0.288. The minimum Gasteiger partial charge on any atom is -0.417 e. The highest BCUT2D eigenvalue weighted by Crippen LogP contribution is 2.45. The fraction of sp³-hybridized carbons (Fsp3) is 0.958. The molecule has 0 unspecified atom stereocenters. The van der Waals surface area contributed by atoms with Crippen molar-refractivity contribution < 1.29 is 36.7 Å². The van der Waals surface area contributed by atoms with E-state index in [0.29, 0.717) is 6.61 Å². The lowest BCUT2D eigenvalue weighted by molar-refractivity contribution is -0.304. The summed E-state index contributed by atoms with van der Waals surface area (Å²) in [5, 5.41) is 0.460. The normalized spacial score (nSPS) is 29.2. The number of hydrogen-bond acceptors (Lipinski definition) is 8. The summed E-state index contributed by atoms with van der Waals surface area (Å²) in [7, 11) is -6.32. The van der Waals surface area contributed by atoms with Gasteiger partial charge in [-0.1, -0.05) is 96.1 Å². The quantitative estimate of drug-likeness (QED) is 0.0994. The van der Waals surface area contributed by atoms with E-state index < -0.39 is 39.1 Å². The van der Waals surface area contributed by atoms with Crippen LogP contribution in [0.1, 0.15) is 148 Å². The van der Waals surface area contributed by atoms with Crippen LogP contribution in [-0.2, 0) is 36.7 Å². The van der Waals surface area contributed by atoms with Crippen molar-refractivity contribution in [2.45, 2.75) is 269 Å². The maximum atomic E-state index is 7.49. The third kappa shape index (κ3) is 14.9. The van der Waals surface area contributed by atoms with Crippen LogP contribution >= 0.6 is 0 Å². The van der Waals surface area contributed by atoms with Crippen LogP contribution in [0.5, 0.6) is 0 Å². The standard InChI is InChI=1S/C48H98O8Si4/c1-36-26-29-48(30-27-41(49-14)43(54-48)35-51-58(17,18)45(5,6)7)53-42(36)34-40(56-60(21,22)47(11,12)13)33-39(55-59(19,20)46(8,9)10)32-38-25-23-24-37(52-38)28-31-50-57(15,16)44(2,3)4/h26,29,36-43H,23-25,27-28,30-35H2,1-22H3/t36-,37+,38-,39+,40-,41-,42+,43+,48-/m0/s1. The Morgan fingerprint density at radius 1 is 0.633 bits per heavy atom. The molecule has 1 spiro atoms. The summed E-state index contributed by atoms with van der Waals surface area (Å²) in [6, 6.07) is 0. The van der Waals surface area contributed by atoms with E-state index in [2.05, 4.69) is 155 Å². The highest BCUT2D eigenvalue weighted by atomic mass is 28.4. The van der Waals surface area contributed by atoms with Gasteiger partial charge in [0.1, 0.15) is 6.10 Å². The maximum absolute atomic E-state index is 7.49. The van der Waals surface area contributed by atoms with Crippen molar-refractivity contribution in [1.82, 2.24) is 0 Å². The molecule has 0 bridgehead atoms. The Balaban J connectivity index is 1.89. The molecule has 2 saturated heterocycles. The molecule has 3 rings (SSSR count). The largest absolute Gasteiger partial charge is 0.417 e. The molecule has 3 aliphatic heterocycles. The first-order chi connectivity index (χ1) is 27.0. The molecule has 3 aliphatic rings. The van der Waals surface area contributed by atoms with Gasteiger partial charge in [-0.05, 0) is 130 Å². The van der Waals surface area contributed by atoms with Gasteiger partial charge < -0.3 is 36.7 Å². The van der Waals surface area contributed by atoms with E-state index in [9.17, 15) is 0 Å². The van der Waals surface area contributed by atoms with Crippen LogP contribution in [-0.4, -0.2) is 102 Å². The summed E-state index contributed by atoms with van der Waals surface area (Å²) in [5.41, 5.74) is 0. The molecule has 354 valence electrons. The van der Waals surface area contributed by atoms with Crippen LogP contribution in [0, 0.1) is 5.92 Å². The Morgan fingerprint density at radius 3 is 1.63 bits per heavy atom. The van der Waals surface area contributed by atoms with E-state index in [-0.39, 0.29) is 68.8 Å². The molecule has 12 heteroatoms. The highest BCUT2D eigenvalue weighted by Gasteiger charge is 2.49. The lowest BCUT2D eigenvalue weighted by atomic mass is 9.89. The lowest BCUT2D eigenvalue weighted by Crippen LogP contribution is -2.55. The van der Waals surface area contributed by atoms with Gasteiger partial charge in [0.15, 0.2) is 39.1 Å². The molecule has 3 heterocycles. The summed E-state index contributed by atoms with van der Waals surface area (Å²) in [6.07, 6.45) is 12.9. The van der Waals surface area contributed by atoms with E-state index in [0.717, 1.165) is 58.0 Å². The minimum absolute atomic E-state index is 0.0153. The van der Waals surface area contributed by atoms with Crippen molar-refractivity contribution >= 4 is 33.3 Å². The highest BCUT2D eigenvalue weighted by molar-refractivity contribution is 6.75. The SMILES string of the molecule is CO[C@H]1CC[C@]2(C=C[C@H](C)[C@@H](C[C@H](C[C@@H](C[C@@H]3CCC[C@H](CCO[Si](C)(C)C(C)(C)C)O3)O[Si](C)(C)C(C)(C)C)O[Si](C)(C)C(C)(C)C)O2)O[C@@H]1CO[Si](C)(C)C(C)(C)C. The topological polar surface area (TPSA) is 73.8 Å². The molecule has 0 saturated carbocycles. The molecule has 0 aromatic carbocycles. The van der Waals surface area contributed by atoms with Gasteiger partial charge in [0.2, 0.25) is 0 Å². The van der Waals surface area contributed by atoms with Gasteiger partial charge in [0.05, 0.1) is 31.0 Å². The fourth-order valence-corrected chi connectivity index (χ4v) is 12.4. The van der Waals surface area contributed by atoms with E-state index in [1.807, 2.05) is 0 Å². The lowest BCUT2D eigenvalue weighted by Gasteiger charge is -2.49. The molecule has 0 radical (unpaired) electrons. The second-order valence-electron chi connectivity index (χ2n) is 25.1. The smallest absolute Gasteiger partial charge is 0.192 e. The molecule has 60 heavy (non-hydrogen) atoms. The number of ether oxygens (including phenoxy) is 4. The van der Waals surface area contributed by atoms with Crippen molar-refractivity contribution in [1.29, 1.82) is 0 Å². The van der Waals surface area contributed by atoms with Gasteiger partial charge in [-0.3, -0.25) is 0 Å². The van der Waals surface area contributed by atoms with Crippen LogP contribution < -0.4 is 0 Å². The molecule has 8 nitrogen and oxygen atoms in total. The first-order valence-electron chi connectivity index (χ1n) is 23.9. The summed E-state index contributed by atoms with van der Waals surface area (Å²) < 4.78 is 55.4. The second-order valence-corrected chi connectivity index (χ2v) is 44.3. The van der Waals surface area contributed by atoms with Crippen LogP contribution in [0.4, 0.5) is 0 Å². The Kier molecular flexibility index (Phi) is 18.6. The van der Waals surface area contributed by atoms with Crippen molar-refractivity contribution in [2.75, 3.05) is 20.3 Å². The second kappa shape index (κ2) is 20.4. The fourth-order valence-electron chi connectivity index (χ4n) is 7.58. The summed E-state index contributed by atoms with van der Waals surface area (Å²) in [5.74, 6) is -0.603. The zero-order valence-corrected chi connectivity index (χ0v) is 47.3. The Morgan fingerprint density at radius 2 is 1.12 bits per heavy atom. The van der Waals surface area contributed by atoms with Gasteiger partial charge in [-0.2, -0.15) is 0 Å². The summed E-state index contributed by atoms with van der Waals surface area (Å²) >= 11 is 0. The average molecular weight is 916 g/mol. The van der Waals surface area contributed by atoms with Crippen LogP contribution in [0.15, 0.2) is 12.2 Å². The molecular formula is C48H98O8Si4. The number of rotatable bonds is 18. The van der Waals surface area contributed by atoms with E-state index in [1.165, 1.54) is 6.42 Å². The van der Waals surface area contributed by atoms with Crippen LogP contribution in [0.3, 0.4) is 0 Å². The Labute approximate surface area is 375 Å². The van der Waals surface area contributed by atoms with Crippen molar-refractivity contribution in [2.24, 2.45) is 5.92 Å². The van der Waals surface area contributed by atoms with Crippen molar-refractivity contribution in [3.63, 3.8) is 0 Å². The maximum Gasteiger partial charge on any atom is 0.192 e. The van der Waals surface area contributed by atoms with E-state index >= 15 is 0 Å². The predicted octanol–water partition coefficient (Wildman–Crippen LogP) is 13.8. The molecule has 0 N–H and O–H groups in total. The zero-order chi connectivity index (χ0) is 46.0. The zero-order valence-electron chi connectivity index (χ0n) is 43.3. The monoisotopic (exact) mass is 915 g/mol. The number of hydrogen-bond donors (Lipinski definition) is 0. The molecule has 0 aromatic heterocycles. The minimum atomic E-state index is -2.18.